The van der Waals surface area contributed by atoms with Gasteiger partial charge in [-0.05, 0) is 18.1 Å². The van der Waals surface area contributed by atoms with Crippen molar-refractivity contribution < 1.29 is 14.5 Å². The van der Waals surface area contributed by atoms with E-state index in [1.54, 1.807) is 0 Å². The lowest BCUT2D eigenvalue weighted by Gasteiger charge is -2.23. The fourth-order valence-electron chi connectivity index (χ4n) is 2.31. The maximum Gasteiger partial charge on any atom is 0.309 e. The van der Waals surface area contributed by atoms with E-state index in [0.29, 0.717) is 19.0 Å². The van der Waals surface area contributed by atoms with E-state index < -0.39 is 11.8 Å². The molecule has 6 heteroatoms. The lowest BCUT2D eigenvalue weighted by atomic mass is 10.1. The van der Waals surface area contributed by atoms with E-state index in [4.69, 9.17) is 0 Å². The van der Waals surface area contributed by atoms with Gasteiger partial charge >= 0.3 is 11.8 Å². The number of nitrogens with one attached hydrogen (secondary N) is 3. The zero-order valence-corrected chi connectivity index (χ0v) is 15.6. The summed E-state index contributed by atoms with van der Waals surface area (Å²) < 4.78 is 0. The highest BCUT2D eigenvalue weighted by atomic mass is 16.2. The Hall–Kier alpha value is -2.08. The number of benzene rings is 1. The van der Waals surface area contributed by atoms with Gasteiger partial charge in [0.2, 0.25) is 0 Å². The topological polar surface area (TPSA) is 65.9 Å². The number of carbonyl (C=O) groups is 2. The second-order valence-electron chi connectivity index (χ2n) is 6.93. The molecule has 0 saturated carbocycles. The Balaban J connectivity index is 2.66. The van der Waals surface area contributed by atoms with Crippen molar-refractivity contribution in [3.63, 3.8) is 0 Å². The van der Waals surface area contributed by atoms with Crippen LogP contribution < -0.4 is 20.4 Å². The summed E-state index contributed by atoms with van der Waals surface area (Å²) in [5.41, 5.74) is 2.26. The van der Waals surface area contributed by atoms with E-state index in [-0.39, 0.29) is 6.04 Å². The van der Waals surface area contributed by atoms with Gasteiger partial charge in [-0.15, -0.1) is 0 Å². The van der Waals surface area contributed by atoms with Gasteiger partial charge in [0, 0.05) is 31.9 Å². The molecule has 134 valence electrons. The summed E-state index contributed by atoms with van der Waals surface area (Å²) >= 11 is 0. The van der Waals surface area contributed by atoms with Crippen LogP contribution in [0.5, 0.6) is 0 Å². The van der Waals surface area contributed by atoms with Gasteiger partial charge in [0.1, 0.15) is 6.04 Å². The third-order valence-electron chi connectivity index (χ3n) is 3.85. The quantitative estimate of drug-likeness (QED) is 0.606. The van der Waals surface area contributed by atoms with Gasteiger partial charge in [-0.3, -0.25) is 9.59 Å². The summed E-state index contributed by atoms with van der Waals surface area (Å²) in [6.07, 6.45) is 0. The number of nitrogens with zero attached hydrogens (tertiary/aromatic N) is 1. The second-order valence-corrected chi connectivity index (χ2v) is 6.93. The number of hydrogen-bond acceptors (Lipinski definition) is 3. The Morgan fingerprint density at radius 1 is 1.00 bits per heavy atom. The highest BCUT2D eigenvalue weighted by molar-refractivity contribution is 6.35. The maximum absolute atomic E-state index is 11.9. The summed E-state index contributed by atoms with van der Waals surface area (Å²) in [6, 6.07) is 8.34. The van der Waals surface area contributed by atoms with Crippen LogP contribution in [0.25, 0.3) is 0 Å². The molecule has 0 bridgehead atoms. The van der Waals surface area contributed by atoms with Crippen LogP contribution >= 0.6 is 0 Å². The van der Waals surface area contributed by atoms with Gasteiger partial charge in [0.25, 0.3) is 0 Å². The first-order valence-corrected chi connectivity index (χ1v) is 8.35. The van der Waals surface area contributed by atoms with Crippen molar-refractivity contribution in [3.05, 3.63) is 29.8 Å². The molecule has 0 aliphatic heterocycles. The first kappa shape index (κ1) is 20.0. The Bertz CT molecular complexity index is 538. The third-order valence-corrected chi connectivity index (χ3v) is 3.85. The van der Waals surface area contributed by atoms with Gasteiger partial charge in [-0.25, -0.2) is 0 Å². The Kier molecular flexibility index (Phi) is 7.71. The van der Waals surface area contributed by atoms with E-state index in [1.165, 1.54) is 4.90 Å². The van der Waals surface area contributed by atoms with Crippen molar-refractivity contribution in [3.8, 4) is 0 Å². The molecule has 1 aromatic rings. The lowest BCUT2D eigenvalue weighted by Crippen LogP contribution is -3.07. The summed E-state index contributed by atoms with van der Waals surface area (Å²) in [5.74, 6) is -0.832. The molecular formula is C18H31N4O2+. The van der Waals surface area contributed by atoms with Crippen molar-refractivity contribution in [2.24, 2.45) is 5.92 Å². The van der Waals surface area contributed by atoms with Crippen LogP contribution in [-0.2, 0) is 9.59 Å². The minimum absolute atomic E-state index is 0.0862. The summed E-state index contributed by atoms with van der Waals surface area (Å²) in [4.78, 5) is 26.9. The van der Waals surface area contributed by atoms with Gasteiger partial charge in [-0.1, -0.05) is 26.0 Å². The average molecular weight is 335 g/mol. The molecule has 1 atom stereocenters. The van der Waals surface area contributed by atoms with Crippen LogP contribution in [0.1, 0.15) is 25.5 Å². The molecule has 1 aromatic carbocycles. The predicted octanol–water partition coefficient (Wildman–Crippen LogP) is -0.173. The summed E-state index contributed by atoms with van der Waals surface area (Å²) in [6.45, 7) is 4.89. The minimum atomic E-state index is -0.577. The van der Waals surface area contributed by atoms with E-state index in [1.807, 2.05) is 46.9 Å². The molecule has 0 unspecified atom stereocenters. The van der Waals surface area contributed by atoms with E-state index >= 15 is 0 Å². The molecule has 0 aliphatic rings. The van der Waals surface area contributed by atoms with Gasteiger partial charge in [-0.2, -0.15) is 0 Å². The van der Waals surface area contributed by atoms with Crippen LogP contribution in [0.3, 0.4) is 0 Å². The molecule has 0 saturated heterocycles. The largest absolute Gasteiger partial charge is 0.378 e. The van der Waals surface area contributed by atoms with Gasteiger partial charge in [0.15, 0.2) is 0 Å². The standard InChI is InChI=1S/C18H30N4O2/c1-13(2)11-19-17(23)18(24)20-12-16(22(5)6)14-7-9-15(10-8-14)21(3)4/h7-10,13,16H,11-12H2,1-6H3,(H,19,23)(H,20,24)/p+1/t16-/m0/s1. The van der Waals surface area contributed by atoms with Crippen molar-refractivity contribution in [2.45, 2.75) is 19.9 Å². The molecule has 0 fully saturated rings. The molecule has 24 heavy (non-hydrogen) atoms. The Morgan fingerprint density at radius 3 is 1.92 bits per heavy atom. The summed E-state index contributed by atoms with van der Waals surface area (Å²) in [5, 5.41) is 5.37. The average Bonchev–Trinajstić information content (AvgIpc) is 2.52. The van der Waals surface area contributed by atoms with Crippen molar-refractivity contribution in [2.75, 3.05) is 46.2 Å². The normalized spacial score (nSPS) is 12.2. The fourth-order valence-corrected chi connectivity index (χ4v) is 2.31. The first-order valence-electron chi connectivity index (χ1n) is 8.35. The molecule has 0 heterocycles. The van der Waals surface area contributed by atoms with E-state index in [9.17, 15) is 9.59 Å². The van der Waals surface area contributed by atoms with Crippen LogP contribution in [0.2, 0.25) is 0 Å². The predicted molar refractivity (Wildman–Crippen MR) is 97.2 cm³/mol. The maximum atomic E-state index is 11.9. The van der Waals surface area contributed by atoms with E-state index in [2.05, 4.69) is 34.9 Å². The number of carbonyl (C=O) groups excluding carboxylic acids is 2. The van der Waals surface area contributed by atoms with E-state index in [0.717, 1.165) is 11.3 Å². The molecular weight excluding hydrogens is 304 g/mol. The van der Waals surface area contributed by atoms with Crippen LogP contribution in [0.4, 0.5) is 5.69 Å². The monoisotopic (exact) mass is 335 g/mol. The van der Waals surface area contributed by atoms with Crippen LogP contribution in [0.15, 0.2) is 24.3 Å². The number of rotatable bonds is 7. The zero-order chi connectivity index (χ0) is 18.3. The van der Waals surface area contributed by atoms with Crippen molar-refractivity contribution >= 4 is 17.5 Å². The third kappa shape index (κ3) is 6.20. The van der Waals surface area contributed by atoms with Crippen LogP contribution in [0, 0.1) is 5.92 Å². The zero-order valence-electron chi connectivity index (χ0n) is 15.6. The molecule has 0 aliphatic carbocycles. The molecule has 3 N–H and O–H groups in total. The molecule has 2 amide bonds. The number of amides is 2. The minimum Gasteiger partial charge on any atom is -0.378 e. The molecule has 0 radical (unpaired) electrons. The molecule has 0 aromatic heterocycles. The smallest absolute Gasteiger partial charge is 0.309 e. The number of quaternary nitrogens is 1. The SMILES string of the molecule is CC(C)CNC(=O)C(=O)NC[C@@H](c1ccc(N(C)C)cc1)[NH+](C)C. The number of likely N-dealkylation sites (N-methyl/N-ethyl adjacent to an activating group) is 1. The highest BCUT2D eigenvalue weighted by Gasteiger charge is 2.21. The Labute approximate surface area is 145 Å². The lowest BCUT2D eigenvalue weighted by molar-refractivity contribution is -0.890. The van der Waals surface area contributed by atoms with Crippen LogP contribution in [-0.4, -0.2) is 53.1 Å². The molecule has 0 spiro atoms. The van der Waals surface area contributed by atoms with Gasteiger partial charge < -0.3 is 20.4 Å². The van der Waals surface area contributed by atoms with Crippen molar-refractivity contribution in [1.29, 1.82) is 0 Å². The molecule has 1 rings (SSSR count). The fraction of sp³-hybridized carbons (Fsp3) is 0.556. The summed E-state index contributed by atoms with van der Waals surface area (Å²) in [7, 11) is 8.07. The molecule has 6 nitrogen and oxygen atoms in total. The Morgan fingerprint density at radius 2 is 1.50 bits per heavy atom. The van der Waals surface area contributed by atoms with Gasteiger partial charge in [0.05, 0.1) is 20.6 Å². The first-order chi connectivity index (χ1) is 11.2. The number of hydrogen-bond donors (Lipinski definition) is 3. The highest BCUT2D eigenvalue weighted by Crippen LogP contribution is 2.15. The van der Waals surface area contributed by atoms with Crippen molar-refractivity contribution in [1.82, 2.24) is 10.6 Å². The second kappa shape index (κ2) is 9.27. The number of anilines is 1.